The van der Waals surface area contributed by atoms with E-state index in [0.717, 1.165) is 6.54 Å². The Morgan fingerprint density at radius 2 is 2.14 bits per heavy atom. The molecule has 1 aliphatic rings. The molecule has 0 radical (unpaired) electrons. The van der Waals surface area contributed by atoms with Crippen molar-refractivity contribution in [3.05, 3.63) is 0 Å². The Bertz CT molecular complexity index is 161. The molecule has 2 atom stereocenters. The van der Waals surface area contributed by atoms with Crippen molar-refractivity contribution in [2.24, 2.45) is 5.92 Å². The van der Waals surface area contributed by atoms with Crippen molar-refractivity contribution >= 4 is 0 Å². The molecule has 0 spiro atoms. The van der Waals surface area contributed by atoms with Crippen molar-refractivity contribution in [1.82, 2.24) is 9.80 Å². The van der Waals surface area contributed by atoms with Crippen LogP contribution in [-0.4, -0.2) is 61.3 Å². The molecule has 14 heavy (non-hydrogen) atoms. The van der Waals surface area contributed by atoms with Crippen molar-refractivity contribution < 1.29 is 5.11 Å². The van der Waals surface area contributed by atoms with E-state index >= 15 is 0 Å². The smallest absolute Gasteiger partial charge is 0.0474 e. The average Bonchev–Trinajstić information content (AvgIpc) is 2.47. The van der Waals surface area contributed by atoms with E-state index < -0.39 is 0 Å². The van der Waals surface area contributed by atoms with Gasteiger partial charge in [-0.2, -0.15) is 0 Å². The Morgan fingerprint density at radius 1 is 1.43 bits per heavy atom. The quantitative estimate of drug-likeness (QED) is 0.705. The van der Waals surface area contributed by atoms with Crippen LogP contribution in [0.3, 0.4) is 0 Å². The molecule has 3 heteroatoms. The van der Waals surface area contributed by atoms with Crippen LogP contribution in [0.2, 0.25) is 0 Å². The zero-order valence-corrected chi connectivity index (χ0v) is 9.74. The van der Waals surface area contributed by atoms with Gasteiger partial charge in [0.2, 0.25) is 0 Å². The molecule has 3 nitrogen and oxygen atoms in total. The highest BCUT2D eigenvalue weighted by Gasteiger charge is 2.29. The minimum atomic E-state index is 0.353. The molecule has 84 valence electrons. The molecule has 0 aromatic carbocycles. The summed E-state index contributed by atoms with van der Waals surface area (Å²) in [5.41, 5.74) is 0. The van der Waals surface area contributed by atoms with E-state index in [0.29, 0.717) is 18.6 Å². The normalized spacial score (nSPS) is 28.9. The van der Waals surface area contributed by atoms with E-state index in [4.69, 9.17) is 5.11 Å². The molecule has 1 rings (SSSR count). The fraction of sp³-hybridized carbons (Fsp3) is 1.00. The van der Waals surface area contributed by atoms with E-state index in [1.54, 1.807) is 0 Å². The molecule has 1 fully saturated rings. The molecule has 0 aromatic rings. The number of rotatable bonds is 5. The Morgan fingerprint density at radius 3 is 2.64 bits per heavy atom. The number of hydrogen-bond donors (Lipinski definition) is 1. The molecule has 1 N–H and O–H groups in total. The minimum absolute atomic E-state index is 0.353. The van der Waals surface area contributed by atoms with Crippen LogP contribution in [0.5, 0.6) is 0 Å². The van der Waals surface area contributed by atoms with Crippen LogP contribution >= 0.6 is 0 Å². The highest BCUT2D eigenvalue weighted by molar-refractivity contribution is 4.83. The molecule has 1 aliphatic heterocycles. The third-order valence-corrected chi connectivity index (χ3v) is 3.33. The number of nitrogens with zero attached hydrogens (tertiary/aromatic N) is 2. The topological polar surface area (TPSA) is 26.7 Å². The summed E-state index contributed by atoms with van der Waals surface area (Å²) in [6.45, 7) is 6.09. The van der Waals surface area contributed by atoms with E-state index in [1.807, 2.05) is 0 Å². The lowest BCUT2D eigenvalue weighted by molar-refractivity contribution is 0.173. The van der Waals surface area contributed by atoms with Gasteiger partial charge in [0.25, 0.3) is 0 Å². The third kappa shape index (κ3) is 3.23. The molecule has 1 saturated heterocycles. The molecule has 2 unspecified atom stereocenters. The minimum Gasteiger partial charge on any atom is -0.396 e. The Kier molecular flexibility index (Phi) is 4.85. The van der Waals surface area contributed by atoms with Crippen molar-refractivity contribution in [2.75, 3.05) is 40.3 Å². The summed E-state index contributed by atoms with van der Waals surface area (Å²) >= 11 is 0. The first-order valence-corrected chi connectivity index (χ1v) is 5.64. The second-order valence-electron chi connectivity index (χ2n) is 4.66. The Labute approximate surface area is 87.7 Å². The van der Waals surface area contributed by atoms with Crippen LogP contribution < -0.4 is 0 Å². The van der Waals surface area contributed by atoms with Gasteiger partial charge in [0.05, 0.1) is 0 Å². The van der Waals surface area contributed by atoms with Crippen LogP contribution in [0.1, 0.15) is 19.8 Å². The first kappa shape index (κ1) is 12.0. The molecule has 0 saturated carbocycles. The van der Waals surface area contributed by atoms with Crippen LogP contribution in [0.4, 0.5) is 0 Å². The van der Waals surface area contributed by atoms with Gasteiger partial charge in [-0.25, -0.2) is 0 Å². The maximum Gasteiger partial charge on any atom is 0.0474 e. The van der Waals surface area contributed by atoms with Gasteiger partial charge in [0, 0.05) is 12.6 Å². The van der Waals surface area contributed by atoms with Gasteiger partial charge < -0.3 is 14.9 Å². The summed E-state index contributed by atoms with van der Waals surface area (Å²) < 4.78 is 0. The molecular formula is C11H24N2O. The number of likely N-dealkylation sites (tertiary alicyclic amines) is 1. The largest absolute Gasteiger partial charge is 0.396 e. The third-order valence-electron chi connectivity index (χ3n) is 3.33. The monoisotopic (exact) mass is 200 g/mol. The highest BCUT2D eigenvalue weighted by Crippen LogP contribution is 2.23. The van der Waals surface area contributed by atoms with Crippen LogP contribution in [0.15, 0.2) is 0 Å². The van der Waals surface area contributed by atoms with E-state index in [9.17, 15) is 0 Å². The molecule has 0 amide bonds. The summed E-state index contributed by atoms with van der Waals surface area (Å²) in [5.74, 6) is 0.509. The van der Waals surface area contributed by atoms with E-state index in [1.165, 1.54) is 25.9 Å². The first-order valence-electron chi connectivity index (χ1n) is 5.64. The Balaban J connectivity index is 2.19. The number of aliphatic hydroxyl groups is 1. The number of aliphatic hydroxyl groups excluding tert-OH is 1. The van der Waals surface area contributed by atoms with Gasteiger partial charge in [0.15, 0.2) is 0 Å². The van der Waals surface area contributed by atoms with Gasteiger partial charge in [-0.05, 0) is 59.4 Å². The summed E-state index contributed by atoms with van der Waals surface area (Å²) in [4.78, 5) is 4.73. The summed E-state index contributed by atoms with van der Waals surface area (Å²) in [5, 5.41) is 9.13. The van der Waals surface area contributed by atoms with Gasteiger partial charge in [-0.1, -0.05) is 0 Å². The highest BCUT2D eigenvalue weighted by atomic mass is 16.3. The van der Waals surface area contributed by atoms with Crippen LogP contribution in [0.25, 0.3) is 0 Å². The first-order chi connectivity index (χ1) is 6.65. The second kappa shape index (κ2) is 5.69. The van der Waals surface area contributed by atoms with Crippen molar-refractivity contribution in [3.8, 4) is 0 Å². The lowest BCUT2D eigenvalue weighted by Gasteiger charge is -2.24. The average molecular weight is 200 g/mol. The SMILES string of the molecule is CC1C(CO)CCN1CCCN(C)C. The fourth-order valence-electron chi connectivity index (χ4n) is 2.22. The number of hydrogen-bond acceptors (Lipinski definition) is 3. The summed E-state index contributed by atoms with van der Waals surface area (Å²) in [6.07, 6.45) is 2.40. The zero-order valence-electron chi connectivity index (χ0n) is 9.74. The molecule has 0 aromatic heterocycles. The van der Waals surface area contributed by atoms with Gasteiger partial charge in [-0.15, -0.1) is 0 Å². The lowest BCUT2D eigenvalue weighted by atomic mass is 10.0. The molecule has 1 heterocycles. The van der Waals surface area contributed by atoms with Gasteiger partial charge >= 0.3 is 0 Å². The summed E-state index contributed by atoms with van der Waals surface area (Å²) in [7, 11) is 4.23. The lowest BCUT2D eigenvalue weighted by Crippen LogP contribution is -2.33. The molecule has 0 aliphatic carbocycles. The van der Waals surface area contributed by atoms with Crippen LogP contribution in [0, 0.1) is 5.92 Å². The van der Waals surface area contributed by atoms with Gasteiger partial charge in [0.1, 0.15) is 0 Å². The van der Waals surface area contributed by atoms with Crippen molar-refractivity contribution in [3.63, 3.8) is 0 Å². The molecular weight excluding hydrogens is 176 g/mol. The predicted molar refractivity (Wildman–Crippen MR) is 59.4 cm³/mol. The summed E-state index contributed by atoms with van der Waals surface area (Å²) in [6, 6.07) is 0.571. The maximum atomic E-state index is 9.13. The van der Waals surface area contributed by atoms with Crippen molar-refractivity contribution in [1.29, 1.82) is 0 Å². The predicted octanol–water partition coefficient (Wildman–Crippen LogP) is 0.641. The zero-order chi connectivity index (χ0) is 10.6. The maximum absolute atomic E-state index is 9.13. The van der Waals surface area contributed by atoms with Gasteiger partial charge in [-0.3, -0.25) is 0 Å². The standard InChI is InChI=1S/C11H24N2O/c1-10-11(9-14)5-8-13(10)7-4-6-12(2)3/h10-11,14H,4-9H2,1-3H3. The Hall–Kier alpha value is -0.120. The van der Waals surface area contributed by atoms with Crippen LogP contribution in [-0.2, 0) is 0 Å². The van der Waals surface area contributed by atoms with E-state index in [2.05, 4.69) is 30.8 Å². The fourth-order valence-corrected chi connectivity index (χ4v) is 2.22. The second-order valence-corrected chi connectivity index (χ2v) is 4.66. The molecule has 0 bridgehead atoms. The van der Waals surface area contributed by atoms with Crippen molar-refractivity contribution in [2.45, 2.75) is 25.8 Å². The van der Waals surface area contributed by atoms with E-state index in [-0.39, 0.29) is 0 Å².